The van der Waals surface area contributed by atoms with Crippen LogP contribution in [0.2, 0.25) is 5.02 Å². The number of nitrogens with one attached hydrogen (secondary N) is 1. The van der Waals surface area contributed by atoms with Crippen LogP contribution in [0.5, 0.6) is 0 Å². The predicted octanol–water partition coefficient (Wildman–Crippen LogP) is 3.24. The lowest BCUT2D eigenvalue weighted by molar-refractivity contribution is -0.115. The van der Waals surface area contributed by atoms with Gasteiger partial charge in [0, 0.05) is 38.2 Å². The van der Waals surface area contributed by atoms with Gasteiger partial charge in [-0.05, 0) is 38.0 Å². The van der Waals surface area contributed by atoms with E-state index < -0.39 is 15.3 Å². The fraction of sp³-hybridized carbons (Fsp3) is 0.412. The molecule has 0 bridgehead atoms. The normalized spacial score (nSPS) is 15.7. The third-order valence-electron chi connectivity index (χ3n) is 4.18. The highest BCUT2D eigenvalue weighted by molar-refractivity contribution is 8.00. The molecule has 1 saturated carbocycles. The molecular weight excluding hydrogens is 408 g/mol. The Hall–Kier alpha value is -1.55. The van der Waals surface area contributed by atoms with E-state index in [1.807, 2.05) is 6.20 Å². The molecular formula is C17H21ClN4O3S2. The summed E-state index contributed by atoms with van der Waals surface area (Å²) in [5.41, 5.74) is 0.378. The van der Waals surface area contributed by atoms with E-state index >= 15 is 0 Å². The molecule has 7 nitrogen and oxygen atoms in total. The number of imidazole rings is 1. The van der Waals surface area contributed by atoms with Gasteiger partial charge in [0.15, 0.2) is 5.16 Å². The van der Waals surface area contributed by atoms with Gasteiger partial charge in [-0.25, -0.2) is 17.7 Å². The molecule has 1 atom stereocenters. The highest BCUT2D eigenvalue weighted by Crippen LogP contribution is 2.38. The highest BCUT2D eigenvalue weighted by atomic mass is 35.5. The van der Waals surface area contributed by atoms with Crippen molar-refractivity contribution in [3.05, 3.63) is 35.6 Å². The van der Waals surface area contributed by atoms with Crippen molar-refractivity contribution in [2.24, 2.45) is 0 Å². The van der Waals surface area contributed by atoms with E-state index in [2.05, 4.69) is 14.9 Å². The first-order valence-electron chi connectivity index (χ1n) is 8.42. The minimum atomic E-state index is -3.70. The number of amides is 1. The van der Waals surface area contributed by atoms with E-state index in [-0.39, 0.29) is 15.8 Å². The van der Waals surface area contributed by atoms with Crippen LogP contribution >= 0.6 is 23.4 Å². The fourth-order valence-corrected chi connectivity index (χ4v) is 4.78. The van der Waals surface area contributed by atoms with Gasteiger partial charge in [0.25, 0.3) is 0 Å². The number of carbonyl (C=O) groups excluding carboxylic acids is 1. The van der Waals surface area contributed by atoms with Crippen LogP contribution in [-0.4, -0.2) is 47.5 Å². The third-order valence-corrected chi connectivity index (χ3v) is 7.57. The van der Waals surface area contributed by atoms with Crippen molar-refractivity contribution < 1.29 is 13.2 Å². The lowest BCUT2D eigenvalue weighted by Crippen LogP contribution is -2.24. The topological polar surface area (TPSA) is 84.3 Å². The summed E-state index contributed by atoms with van der Waals surface area (Å²) in [6.07, 6.45) is 5.95. The Morgan fingerprint density at radius 1 is 1.41 bits per heavy atom. The summed E-state index contributed by atoms with van der Waals surface area (Å²) >= 11 is 7.42. The molecule has 1 amide bonds. The van der Waals surface area contributed by atoms with Crippen LogP contribution in [0.25, 0.3) is 0 Å². The molecule has 0 spiro atoms. The van der Waals surface area contributed by atoms with Gasteiger partial charge < -0.3 is 9.88 Å². The zero-order valence-electron chi connectivity index (χ0n) is 15.2. The van der Waals surface area contributed by atoms with Gasteiger partial charge >= 0.3 is 0 Å². The molecule has 0 saturated heterocycles. The number of halogens is 1. The van der Waals surface area contributed by atoms with Crippen molar-refractivity contribution in [2.45, 2.75) is 41.1 Å². The quantitative estimate of drug-likeness (QED) is 0.684. The minimum absolute atomic E-state index is 0.0449. The molecule has 27 heavy (non-hydrogen) atoms. The van der Waals surface area contributed by atoms with E-state index in [0.29, 0.717) is 11.7 Å². The molecule has 1 fully saturated rings. The Labute approximate surface area is 168 Å². The number of hydrogen-bond donors (Lipinski definition) is 1. The zero-order chi connectivity index (χ0) is 19.8. The number of carbonyl (C=O) groups is 1. The maximum Gasteiger partial charge on any atom is 0.244 e. The Morgan fingerprint density at radius 2 is 2.11 bits per heavy atom. The largest absolute Gasteiger partial charge is 0.325 e. The fourth-order valence-electron chi connectivity index (χ4n) is 2.45. The van der Waals surface area contributed by atoms with E-state index in [0.717, 1.165) is 22.3 Å². The first-order chi connectivity index (χ1) is 12.7. The van der Waals surface area contributed by atoms with Crippen LogP contribution in [0, 0.1) is 0 Å². The van der Waals surface area contributed by atoms with Crippen LogP contribution in [0.1, 0.15) is 25.8 Å². The standard InChI is InChI=1S/C17H21ClN4O3S2/c1-11(26-17-19-8-9-22(17)13-5-6-13)16(23)20-12-4-7-14(18)15(10-12)27(24,25)21(2)3/h4,7-11,13H,5-6H2,1-3H3,(H,20,23)/t11-/m1/s1. The lowest BCUT2D eigenvalue weighted by atomic mass is 10.3. The Kier molecular flexibility index (Phi) is 5.85. The molecule has 1 aromatic carbocycles. The van der Waals surface area contributed by atoms with Crippen molar-refractivity contribution in [1.29, 1.82) is 0 Å². The van der Waals surface area contributed by atoms with Crippen molar-refractivity contribution in [1.82, 2.24) is 13.9 Å². The third kappa shape index (κ3) is 4.48. The van der Waals surface area contributed by atoms with Crippen LogP contribution in [0.4, 0.5) is 5.69 Å². The van der Waals surface area contributed by atoms with Crippen LogP contribution in [0.15, 0.2) is 40.6 Å². The number of rotatable bonds is 7. The van der Waals surface area contributed by atoms with Gasteiger partial charge in [0.05, 0.1) is 10.3 Å². The molecule has 1 aliphatic carbocycles. The molecule has 1 heterocycles. The molecule has 1 aliphatic rings. The van der Waals surface area contributed by atoms with E-state index in [1.165, 1.54) is 38.0 Å². The molecule has 146 valence electrons. The van der Waals surface area contributed by atoms with E-state index in [4.69, 9.17) is 11.6 Å². The number of hydrogen-bond acceptors (Lipinski definition) is 5. The first-order valence-corrected chi connectivity index (χ1v) is 11.1. The summed E-state index contributed by atoms with van der Waals surface area (Å²) < 4.78 is 27.9. The maximum atomic E-state index is 12.6. The van der Waals surface area contributed by atoms with Gasteiger partial charge in [-0.3, -0.25) is 4.79 Å². The maximum absolute atomic E-state index is 12.6. The molecule has 0 unspecified atom stereocenters. The number of benzene rings is 1. The van der Waals surface area contributed by atoms with Crippen LogP contribution in [-0.2, 0) is 14.8 Å². The van der Waals surface area contributed by atoms with Crippen molar-refractivity contribution in [2.75, 3.05) is 19.4 Å². The molecule has 3 rings (SSSR count). The molecule has 1 aromatic heterocycles. The molecule has 0 radical (unpaired) electrons. The summed E-state index contributed by atoms with van der Waals surface area (Å²) in [6, 6.07) is 4.90. The predicted molar refractivity (Wildman–Crippen MR) is 107 cm³/mol. The van der Waals surface area contributed by atoms with Crippen LogP contribution in [0.3, 0.4) is 0 Å². The summed E-state index contributed by atoms with van der Waals surface area (Å²) in [5.74, 6) is -0.235. The van der Waals surface area contributed by atoms with Crippen molar-refractivity contribution in [3.63, 3.8) is 0 Å². The number of sulfonamides is 1. The van der Waals surface area contributed by atoms with Gasteiger partial charge in [0.2, 0.25) is 15.9 Å². The summed E-state index contributed by atoms with van der Waals surface area (Å²) in [4.78, 5) is 16.8. The Morgan fingerprint density at radius 3 is 2.74 bits per heavy atom. The van der Waals surface area contributed by atoms with E-state index in [9.17, 15) is 13.2 Å². The number of thioether (sulfide) groups is 1. The van der Waals surface area contributed by atoms with Crippen LogP contribution < -0.4 is 5.32 Å². The Balaban J connectivity index is 1.73. The first kappa shape index (κ1) is 20.2. The van der Waals surface area contributed by atoms with Crippen molar-refractivity contribution >= 4 is 45.0 Å². The SMILES string of the molecule is C[C@@H](Sc1nccn1C1CC1)C(=O)Nc1ccc(Cl)c(S(=O)(=O)N(C)C)c1. The summed E-state index contributed by atoms with van der Waals surface area (Å²) in [5, 5.41) is 3.28. The smallest absolute Gasteiger partial charge is 0.244 e. The summed E-state index contributed by atoms with van der Waals surface area (Å²) in [6.45, 7) is 1.79. The number of nitrogens with zero attached hydrogens (tertiary/aromatic N) is 3. The molecule has 2 aromatic rings. The molecule has 10 heteroatoms. The minimum Gasteiger partial charge on any atom is -0.325 e. The second-order valence-electron chi connectivity index (χ2n) is 6.53. The molecule has 0 aliphatic heterocycles. The van der Waals surface area contributed by atoms with Crippen molar-refractivity contribution in [3.8, 4) is 0 Å². The average Bonchev–Trinajstić information content (AvgIpc) is 3.35. The Bertz CT molecular complexity index is 955. The second kappa shape index (κ2) is 7.83. The summed E-state index contributed by atoms with van der Waals surface area (Å²) in [7, 11) is -0.847. The number of anilines is 1. The van der Waals surface area contributed by atoms with Gasteiger partial charge in [-0.1, -0.05) is 23.4 Å². The second-order valence-corrected chi connectivity index (χ2v) is 10.4. The van der Waals surface area contributed by atoms with Gasteiger partial charge in [-0.15, -0.1) is 0 Å². The lowest BCUT2D eigenvalue weighted by Gasteiger charge is -2.16. The van der Waals surface area contributed by atoms with E-state index in [1.54, 1.807) is 19.2 Å². The average molecular weight is 429 g/mol. The van der Waals surface area contributed by atoms with Gasteiger partial charge in [-0.2, -0.15) is 0 Å². The van der Waals surface area contributed by atoms with Gasteiger partial charge in [0.1, 0.15) is 4.90 Å². The highest BCUT2D eigenvalue weighted by Gasteiger charge is 2.27. The molecule has 1 N–H and O–H groups in total. The number of aromatic nitrogens is 2. The zero-order valence-corrected chi connectivity index (χ0v) is 17.6. The monoisotopic (exact) mass is 428 g/mol.